The fourth-order valence-electron chi connectivity index (χ4n) is 3.28. The van der Waals surface area contributed by atoms with E-state index in [9.17, 15) is 14.7 Å². The lowest BCUT2D eigenvalue weighted by Crippen LogP contribution is -2.26. The average molecular weight is 440 g/mol. The van der Waals surface area contributed by atoms with Gasteiger partial charge in [-0.1, -0.05) is 13.3 Å². The molecule has 3 aromatic rings. The minimum Gasteiger partial charge on any atom is -0.397 e. The van der Waals surface area contributed by atoms with Crippen LogP contribution in [-0.2, 0) is 6.61 Å². The molecule has 31 heavy (non-hydrogen) atoms. The first-order valence-corrected chi connectivity index (χ1v) is 11.3. The summed E-state index contributed by atoms with van der Waals surface area (Å²) in [5, 5.41) is 18.6. The fourth-order valence-corrected chi connectivity index (χ4v) is 4.13. The van der Waals surface area contributed by atoms with Crippen LogP contribution < -0.4 is 16.4 Å². The van der Waals surface area contributed by atoms with E-state index in [2.05, 4.69) is 27.5 Å². The SMILES string of the molecule is CCCCNC(=O)c1csc(-c2cc3c(N)c(C(=O)NC4CC4)cnc3cc2CO)n1. The number of nitrogens with one attached hydrogen (secondary N) is 2. The molecule has 0 radical (unpaired) electrons. The molecular weight excluding hydrogens is 414 g/mol. The molecule has 0 spiro atoms. The summed E-state index contributed by atoms with van der Waals surface area (Å²) in [6.45, 7) is 2.45. The highest BCUT2D eigenvalue weighted by molar-refractivity contribution is 7.13. The second kappa shape index (κ2) is 8.99. The van der Waals surface area contributed by atoms with Crippen molar-refractivity contribution in [2.45, 2.75) is 45.3 Å². The molecule has 1 saturated carbocycles. The van der Waals surface area contributed by atoms with Crippen molar-refractivity contribution in [3.05, 3.63) is 40.5 Å². The number of anilines is 1. The first-order valence-electron chi connectivity index (χ1n) is 10.4. The van der Waals surface area contributed by atoms with Crippen LogP contribution in [-0.4, -0.2) is 39.5 Å². The molecule has 2 heterocycles. The highest BCUT2D eigenvalue weighted by Gasteiger charge is 2.25. The second-order valence-electron chi connectivity index (χ2n) is 7.67. The molecule has 0 bridgehead atoms. The van der Waals surface area contributed by atoms with Crippen molar-refractivity contribution < 1.29 is 14.7 Å². The zero-order valence-corrected chi connectivity index (χ0v) is 18.1. The molecule has 8 nitrogen and oxygen atoms in total. The first-order chi connectivity index (χ1) is 15.0. The van der Waals surface area contributed by atoms with E-state index in [4.69, 9.17) is 5.73 Å². The summed E-state index contributed by atoms with van der Waals surface area (Å²) < 4.78 is 0. The van der Waals surface area contributed by atoms with E-state index in [0.717, 1.165) is 25.7 Å². The maximum Gasteiger partial charge on any atom is 0.270 e. The fraction of sp³-hybridized carbons (Fsp3) is 0.364. The van der Waals surface area contributed by atoms with E-state index < -0.39 is 0 Å². The normalized spacial score (nSPS) is 13.4. The monoisotopic (exact) mass is 439 g/mol. The third-order valence-electron chi connectivity index (χ3n) is 5.25. The van der Waals surface area contributed by atoms with E-state index >= 15 is 0 Å². The number of nitrogens with two attached hydrogens (primary N) is 1. The van der Waals surface area contributed by atoms with Crippen LogP contribution >= 0.6 is 11.3 Å². The molecule has 0 saturated heterocycles. The number of carbonyl (C=O) groups excluding carboxylic acids is 2. The quantitative estimate of drug-likeness (QED) is 0.399. The Bertz CT molecular complexity index is 1140. The molecule has 1 aromatic carbocycles. The van der Waals surface area contributed by atoms with Crippen molar-refractivity contribution in [2.24, 2.45) is 0 Å². The number of nitrogens with zero attached hydrogens (tertiary/aromatic N) is 2. The van der Waals surface area contributed by atoms with Crippen LogP contribution in [0.1, 0.15) is 59.0 Å². The summed E-state index contributed by atoms with van der Waals surface area (Å²) in [6.07, 6.45) is 5.34. The second-order valence-corrected chi connectivity index (χ2v) is 8.52. The molecule has 0 atom stereocenters. The van der Waals surface area contributed by atoms with Gasteiger partial charge in [0.05, 0.1) is 23.4 Å². The molecule has 4 rings (SSSR count). The molecular formula is C22H25N5O3S. The Labute approximate surface area is 183 Å². The van der Waals surface area contributed by atoms with Crippen molar-refractivity contribution in [1.82, 2.24) is 20.6 Å². The largest absolute Gasteiger partial charge is 0.397 e. The summed E-state index contributed by atoms with van der Waals surface area (Å²) in [5.74, 6) is -0.454. The number of thiazole rings is 1. The van der Waals surface area contributed by atoms with Crippen molar-refractivity contribution >= 4 is 39.7 Å². The van der Waals surface area contributed by atoms with Crippen LogP contribution in [0.4, 0.5) is 5.69 Å². The van der Waals surface area contributed by atoms with Crippen LogP contribution in [0.5, 0.6) is 0 Å². The van der Waals surface area contributed by atoms with Gasteiger partial charge in [-0.25, -0.2) is 4.98 Å². The van der Waals surface area contributed by atoms with E-state index in [0.29, 0.717) is 50.5 Å². The molecule has 2 amide bonds. The molecule has 162 valence electrons. The Kier molecular flexibility index (Phi) is 6.15. The van der Waals surface area contributed by atoms with Gasteiger partial charge in [-0.3, -0.25) is 14.6 Å². The number of carbonyl (C=O) groups is 2. The molecule has 1 fully saturated rings. The van der Waals surface area contributed by atoms with Crippen LogP contribution in [0, 0.1) is 0 Å². The number of hydrogen-bond donors (Lipinski definition) is 4. The predicted octanol–water partition coefficient (Wildman–Crippen LogP) is 2.85. The van der Waals surface area contributed by atoms with Gasteiger partial charge in [0.2, 0.25) is 0 Å². The van der Waals surface area contributed by atoms with Crippen molar-refractivity contribution in [3.8, 4) is 10.6 Å². The standard InChI is InChI=1S/C22H25N5O3S/c1-2-3-6-24-21(30)18-11-31-22(27-18)14-8-15-17(7-12(14)10-28)25-9-16(19(15)23)20(29)26-13-4-5-13/h7-9,11,13,28H,2-6,10H2,1H3,(H2,23,25)(H,24,30)(H,26,29). The van der Waals surface area contributed by atoms with Gasteiger partial charge in [-0.05, 0) is 37.0 Å². The molecule has 0 aliphatic heterocycles. The van der Waals surface area contributed by atoms with Gasteiger partial charge in [0.1, 0.15) is 10.7 Å². The Morgan fingerprint density at radius 1 is 1.29 bits per heavy atom. The third kappa shape index (κ3) is 4.52. The highest BCUT2D eigenvalue weighted by Crippen LogP contribution is 2.34. The minimum absolute atomic E-state index is 0.214. The lowest BCUT2D eigenvalue weighted by molar-refractivity contribution is 0.0942. The maximum atomic E-state index is 12.5. The van der Waals surface area contributed by atoms with Crippen molar-refractivity contribution in [1.29, 1.82) is 0 Å². The van der Waals surface area contributed by atoms with Gasteiger partial charge in [0, 0.05) is 35.1 Å². The summed E-state index contributed by atoms with van der Waals surface area (Å²) in [7, 11) is 0. The summed E-state index contributed by atoms with van der Waals surface area (Å²) >= 11 is 1.32. The highest BCUT2D eigenvalue weighted by atomic mass is 32.1. The van der Waals surface area contributed by atoms with Crippen molar-refractivity contribution in [2.75, 3.05) is 12.3 Å². The Hall–Kier alpha value is -3.04. The lowest BCUT2D eigenvalue weighted by atomic mass is 10.0. The molecule has 5 N–H and O–H groups in total. The molecule has 9 heteroatoms. The topological polar surface area (TPSA) is 130 Å². The molecule has 0 unspecified atom stereocenters. The molecule has 2 aromatic heterocycles. The Balaban J connectivity index is 1.69. The number of aliphatic hydroxyl groups excluding tert-OH is 1. The first kappa shape index (κ1) is 21.2. The van der Waals surface area contributed by atoms with Crippen LogP contribution in [0.3, 0.4) is 0 Å². The smallest absolute Gasteiger partial charge is 0.270 e. The number of unbranched alkanes of at least 4 members (excludes halogenated alkanes) is 1. The van der Waals surface area contributed by atoms with Gasteiger partial charge < -0.3 is 21.5 Å². The number of benzene rings is 1. The van der Waals surface area contributed by atoms with Gasteiger partial charge in [0.15, 0.2) is 0 Å². The number of aromatic nitrogens is 2. The van der Waals surface area contributed by atoms with E-state index in [1.165, 1.54) is 17.5 Å². The van der Waals surface area contributed by atoms with E-state index in [1.54, 1.807) is 17.5 Å². The average Bonchev–Trinajstić information content (AvgIpc) is 3.44. The van der Waals surface area contributed by atoms with Gasteiger partial charge >= 0.3 is 0 Å². The lowest BCUT2D eigenvalue weighted by Gasteiger charge is -2.12. The van der Waals surface area contributed by atoms with Crippen LogP contribution in [0.15, 0.2) is 23.7 Å². The maximum absolute atomic E-state index is 12.5. The zero-order valence-electron chi connectivity index (χ0n) is 17.3. The van der Waals surface area contributed by atoms with Gasteiger partial charge in [-0.2, -0.15) is 0 Å². The number of fused-ring (bicyclic) bond motifs is 1. The number of nitrogen functional groups attached to an aromatic ring is 1. The van der Waals surface area contributed by atoms with Gasteiger partial charge in [-0.15, -0.1) is 11.3 Å². The third-order valence-corrected chi connectivity index (χ3v) is 6.12. The molecule has 1 aliphatic rings. The summed E-state index contributed by atoms with van der Waals surface area (Å²) in [4.78, 5) is 33.6. The van der Waals surface area contributed by atoms with Crippen LogP contribution in [0.25, 0.3) is 21.5 Å². The summed E-state index contributed by atoms with van der Waals surface area (Å²) in [5.41, 5.74) is 9.21. The predicted molar refractivity (Wildman–Crippen MR) is 121 cm³/mol. The summed E-state index contributed by atoms with van der Waals surface area (Å²) in [6, 6.07) is 3.74. The number of rotatable bonds is 8. The van der Waals surface area contributed by atoms with Crippen molar-refractivity contribution in [3.63, 3.8) is 0 Å². The zero-order chi connectivity index (χ0) is 22.0. The van der Waals surface area contributed by atoms with Crippen LogP contribution in [0.2, 0.25) is 0 Å². The Morgan fingerprint density at radius 3 is 2.81 bits per heavy atom. The number of pyridine rings is 1. The van der Waals surface area contributed by atoms with E-state index in [-0.39, 0.29) is 24.5 Å². The molecule has 1 aliphatic carbocycles. The minimum atomic E-state index is -0.234. The van der Waals surface area contributed by atoms with E-state index in [1.807, 2.05) is 0 Å². The number of amides is 2. The number of aliphatic hydroxyl groups is 1. The number of hydrogen-bond acceptors (Lipinski definition) is 7. The van der Waals surface area contributed by atoms with Gasteiger partial charge in [0.25, 0.3) is 11.8 Å². The Morgan fingerprint density at radius 2 is 2.10 bits per heavy atom.